The lowest BCUT2D eigenvalue weighted by molar-refractivity contribution is 0.241. The molecule has 148 valence electrons. The fourth-order valence-electron chi connectivity index (χ4n) is 3.88. The SMILES string of the molecule is Cc1ccc(-c2csc3ncnc(N4CCN(Cc5cc(C)on5)CC4)c23)cc1. The highest BCUT2D eigenvalue weighted by atomic mass is 32.1. The van der Waals surface area contributed by atoms with Gasteiger partial charge >= 0.3 is 0 Å². The van der Waals surface area contributed by atoms with Crippen molar-refractivity contribution in [3.63, 3.8) is 0 Å². The van der Waals surface area contributed by atoms with Crippen LogP contribution in [-0.2, 0) is 6.54 Å². The molecule has 0 aliphatic carbocycles. The van der Waals surface area contributed by atoms with Crippen molar-refractivity contribution in [1.29, 1.82) is 0 Å². The fourth-order valence-corrected chi connectivity index (χ4v) is 4.79. The van der Waals surface area contributed by atoms with Crippen molar-refractivity contribution >= 4 is 27.4 Å². The molecule has 0 unspecified atom stereocenters. The number of aryl methyl sites for hydroxylation is 2. The maximum Gasteiger partial charge on any atom is 0.141 e. The average molecular weight is 406 g/mol. The van der Waals surface area contributed by atoms with Crippen molar-refractivity contribution in [3.05, 3.63) is 59.1 Å². The molecule has 1 aliphatic rings. The summed E-state index contributed by atoms with van der Waals surface area (Å²) in [4.78, 5) is 15.1. The molecule has 0 spiro atoms. The van der Waals surface area contributed by atoms with Gasteiger partial charge in [-0.2, -0.15) is 0 Å². The second kappa shape index (κ2) is 7.57. The molecule has 1 saturated heterocycles. The van der Waals surface area contributed by atoms with E-state index in [1.165, 1.54) is 22.1 Å². The van der Waals surface area contributed by atoms with E-state index in [2.05, 4.69) is 56.5 Å². The molecule has 0 saturated carbocycles. The van der Waals surface area contributed by atoms with Crippen molar-refractivity contribution in [2.75, 3.05) is 31.1 Å². The van der Waals surface area contributed by atoms with E-state index in [-0.39, 0.29) is 0 Å². The van der Waals surface area contributed by atoms with Crippen LogP contribution in [0, 0.1) is 13.8 Å². The van der Waals surface area contributed by atoms with Crippen LogP contribution in [-0.4, -0.2) is 46.2 Å². The maximum atomic E-state index is 5.20. The van der Waals surface area contributed by atoms with Gasteiger partial charge in [0.05, 0.1) is 11.1 Å². The molecule has 0 N–H and O–H groups in total. The number of hydrogen-bond acceptors (Lipinski definition) is 7. The van der Waals surface area contributed by atoms with E-state index in [4.69, 9.17) is 9.51 Å². The molecule has 7 heteroatoms. The van der Waals surface area contributed by atoms with Gasteiger partial charge in [0.25, 0.3) is 0 Å². The smallest absolute Gasteiger partial charge is 0.141 e. The molecular formula is C22H23N5OS. The quantitative estimate of drug-likeness (QED) is 0.505. The third-order valence-corrected chi connectivity index (χ3v) is 6.33. The molecule has 0 atom stereocenters. The molecule has 3 aromatic heterocycles. The van der Waals surface area contributed by atoms with Gasteiger partial charge in [0.15, 0.2) is 0 Å². The summed E-state index contributed by atoms with van der Waals surface area (Å²) < 4.78 is 5.20. The Balaban J connectivity index is 1.39. The van der Waals surface area contributed by atoms with Crippen molar-refractivity contribution in [1.82, 2.24) is 20.0 Å². The zero-order valence-corrected chi connectivity index (χ0v) is 17.4. The first kappa shape index (κ1) is 18.3. The summed E-state index contributed by atoms with van der Waals surface area (Å²) in [5, 5.41) is 7.50. The Morgan fingerprint density at radius 1 is 1.03 bits per heavy atom. The third-order valence-electron chi connectivity index (χ3n) is 5.45. The van der Waals surface area contributed by atoms with Crippen molar-refractivity contribution in [2.45, 2.75) is 20.4 Å². The lowest BCUT2D eigenvalue weighted by Gasteiger charge is -2.35. The molecule has 4 heterocycles. The molecule has 1 aromatic carbocycles. The highest BCUT2D eigenvalue weighted by Crippen LogP contribution is 2.38. The predicted molar refractivity (Wildman–Crippen MR) is 116 cm³/mol. The monoisotopic (exact) mass is 405 g/mol. The summed E-state index contributed by atoms with van der Waals surface area (Å²) in [5.41, 5.74) is 4.71. The first-order valence-electron chi connectivity index (χ1n) is 9.86. The number of thiophene rings is 1. The average Bonchev–Trinajstić information content (AvgIpc) is 3.35. The van der Waals surface area contributed by atoms with Gasteiger partial charge in [-0.25, -0.2) is 9.97 Å². The maximum absolute atomic E-state index is 5.20. The van der Waals surface area contributed by atoms with Crippen LogP contribution in [0.5, 0.6) is 0 Å². The summed E-state index contributed by atoms with van der Waals surface area (Å²) in [7, 11) is 0. The third kappa shape index (κ3) is 3.63. The van der Waals surface area contributed by atoms with E-state index in [9.17, 15) is 0 Å². The minimum absolute atomic E-state index is 0.831. The van der Waals surface area contributed by atoms with Gasteiger partial charge in [-0.05, 0) is 19.4 Å². The highest BCUT2D eigenvalue weighted by molar-refractivity contribution is 7.17. The molecule has 5 rings (SSSR count). The van der Waals surface area contributed by atoms with Crippen molar-refractivity contribution in [2.24, 2.45) is 0 Å². The second-order valence-corrected chi connectivity index (χ2v) is 8.44. The van der Waals surface area contributed by atoms with Gasteiger partial charge in [-0.3, -0.25) is 4.90 Å². The molecule has 1 fully saturated rings. The van der Waals surface area contributed by atoms with Gasteiger partial charge < -0.3 is 9.42 Å². The minimum Gasteiger partial charge on any atom is -0.361 e. The van der Waals surface area contributed by atoms with Crippen LogP contribution >= 0.6 is 11.3 Å². The van der Waals surface area contributed by atoms with Crippen molar-refractivity contribution in [3.8, 4) is 11.1 Å². The Labute approximate surface area is 173 Å². The summed E-state index contributed by atoms with van der Waals surface area (Å²) in [6.45, 7) is 8.70. The first-order chi connectivity index (χ1) is 14.2. The lowest BCUT2D eigenvalue weighted by Crippen LogP contribution is -2.46. The van der Waals surface area contributed by atoms with Crippen molar-refractivity contribution < 1.29 is 4.52 Å². The number of hydrogen-bond donors (Lipinski definition) is 0. The number of nitrogens with zero attached hydrogens (tertiary/aromatic N) is 5. The Morgan fingerprint density at radius 3 is 2.55 bits per heavy atom. The van der Waals surface area contributed by atoms with Gasteiger partial charge in [0.2, 0.25) is 0 Å². The topological polar surface area (TPSA) is 58.3 Å². The van der Waals surface area contributed by atoms with E-state index in [1.807, 2.05) is 13.0 Å². The Morgan fingerprint density at radius 2 is 1.83 bits per heavy atom. The molecule has 1 aliphatic heterocycles. The number of aromatic nitrogens is 3. The number of fused-ring (bicyclic) bond motifs is 1. The Bertz CT molecular complexity index is 1130. The highest BCUT2D eigenvalue weighted by Gasteiger charge is 2.23. The number of piperazine rings is 1. The Kier molecular flexibility index (Phi) is 4.77. The first-order valence-corrected chi connectivity index (χ1v) is 10.7. The van der Waals surface area contributed by atoms with E-state index in [1.54, 1.807) is 17.7 Å². The summed E-state index contributed by atoms with van der Waals surface area (Å²) in [6.07, 6.45) is 1.69. The second-order valence-electron chi connectivity index (χ2n) is 7.58. The van der Waals surface area contributed by atoms with E-state index < -0.39 is 0 Å². The fraction of sp³-hybridized carbons (Fsp3) is 0.318. The van der Waals surface area contributed by atoms with Crippen LogP contribution in [0.1, 0.15) is 17.0 Å². The van der Waals surface area contributed by atoms with Gasteiger partial charge in [0.1, 0.15) is 22.7 Å². The summed E-state index contributed by atoms with van der Waals surface area (Å²) in [6, 6.07) is 10.7. The number of anilines is 1. The van der Waals surface area contributed by atoms with Crippen LogP contribution < -0.4 is 4.90 Å². The minimum atomic E-state index is 0.831. The van der Waals surface area contributed by atoms with E-state index in [0.29, 0.717) is 0 Å². The number of benzene rings is 1. The van der Waals surface area contributed by atoms with E-state index in [0.717, 1.165) is 54.8 Å². The zero-order valence-electron chi connectivity index (χ0n) is 16.6. The predicted octanol–water partition coefficient (Wildman–Crippen LogP) is 4.29. The zero-order chi connectivity index (χ0) is 19.8. The van der Waals surface area contributed by atoms with Gasteiger partial charge in [-0.1, -0.05) is 35.0 Å². The van der Waals surface area contributed by atoms with Gasteiger partial charge in [0, 0.05) is 49.7 Å². The molecule has 0 amide bonds. The normalized spacial score (nSPS) is 15.3. The summed E-state index contributed by atoms with van der Waals surface area (Å²) in [5.74, 6) is 1.91. The molecule has 4 aromatic rings. The molecule has 0 bridgehead atoms. The number of rotatable bonds is 4. The molecule has 29 heavy (non-hydrogen) atoms. The standard InChI is InChI=1S/C22H23N5OS/c1-15-3-5-17(6-4-15)19-13-29-22-20(19)21(23-14-24-22)27-9-7-26(8-10-27)12-18-11-16(2)28-25-18/h3-6,11,13-14H,7-10,12H2,1-2H3. The van der Waals surface area contributed by atoms with Gasteiger partial charge in [-0.15, -0.1) is 11.3 Å². The van der Waals surface area contributed by atoms with Crippen LogP contribution in [0.2, 0.25) is 0 Å². The Hall–Kier alpha value is -2.77. The van der Waals surface area contributed by atoms with Crippen LogP contribution in [0.15, 0.2) is 46.6 Å². The molecule has 6 nitrogen and oxygen atoms in total. The van der Waals surface area contributed by atoms with Crippen LogP contribution in [0.3, 0.4) is 0 Å². The van der Waals surface area contributed by atoms with E-state index >= 15 is 0 Å². The molecular weight excluding hydrogens is 382 g/mol. The van der Waals surface area contributed by atoms with Crippen LogP contribution in [0.4, 0.5) is 5.82 Å². The van der Waals surface area contributed by atoms with Crippen LogP contribution in [0.25, 0.3) is 21.3 Å². The largest absolute Gasteiger partial charge is 0.361 e. The molecule has 0 radical (unpaired) electrons. The lowest BCUT2D eigenvalue weighted by atomic mass is 10.0. The summed E-state index contributed by atoms with van der Waals surface area (Å²) >= 11 is 1.69.